The summed E-state index contributed by atoms with van der Waals surface area (Å²) in [7, 11) is 1.26. The predicted octanol–water partition coefficient (Wildman–Crippen LogP) is 2.44. The normalized spacial score (nSPS) is 10.3. The second-order valence-electron chi connectivity index (χ2n) is 6.86. The third kappa shape index (κ3) is 5.38. The van der Waals surface area contributed by atoms with Gasteiger partial charge in [-0.1, -0.05) is 0 Å². The second-order valence-corrected chi connectivity index (χ2v) is 8.08. The van der Waals surface area contributed by atoms with E-state index in [0.29, 0.717) is 27.4 Å². The van der Waals surface area contributed by atoms with Gasteiger partial charge in [-0.05, 0) is 50.8 Å². The molecule has 2 aromatic heterocycles. The summed E-state index contributed by atoms with van der Waals surface area (Å²) in [5.74, 6) is -1.74. The number of amides is 1. The number of ether oxygens (including phenoxy) is 2. The van der Waals surface area contributed by atoms with Crippen molar-refractivity contribution in [2.24, 2.45) is 0 Å². The Kier molecular flexibility index (Phi) is 7.72. The number of esters is 2. The minimum atomic E-state index is -0.606. The van der Waals surface area contributed by atoms with E-state index in [9.17, 15) is 19.2 Å². The summed E-state index contributed by atoms with van der Waals surface area (Å²) >= 11 is 1.23. The Morgan fingerprint density at radius 1 is 1.16 bits per heavy atom. The van der Waals surface area contributed by atoms with Gasteiger partial charge in [0.1, 0.15) is 16.6 Å². The molecule has 0 aliphatic rings. The number of anilines is 1. The molecule has 164 valence electrons. The highest BCUT2D eigenvalue weighted by Crippen LogP contribution is 2.32. The molecule has 2 aromatic rings. The first-order valence-electron chi connectivity index (χ1n) is 9.36. The van der Waals surface area contributed by atoms with Crippen molar-refractivity contribution in [1.29, 1.82) is 5.26 Å². The van der Waals surface area contributed by atoms with Crippen molar-refractivity contribution in [1.82, 2.24) is 4.98 Å². The quantitative estimate of drug-likeness (QED) is 0.624. The molecule has 0 fully saturated rings. The van der Waals surface area contributed by atoms with Crippen molar-refractivity contribution in [3.63, 3.8) is 0 Å². The predicted molar refractivity (Wildman–Crippen MR) is 114 cm³/mol. The smallest absolute Gasteiger partial charge is 0.341 e. The number of carbonyl (C=O) groups excluding carboxylic acids is 3. The Morgan fingerprint density at radius 2 is 1.84 bits per heavy atom. The maximum absolute atomic E-state index is 12.2. The van der Waals surface area contributed by atoms with E-state index < -0.39 is 30.0 Å². The van der Waals surface area contributed by atoms with Crippen LogP contribution < -0.4 is 10.9 Å². The summed E-state index contributed by atoms with van der Waals surface area (Å²) in [5.41, 5.74) is 2.32. The zero-order valence-electron chi connectivity index (χ0n) is 17.9. The third-order valence-electron chi connectivity index (χ3n) is 4.89. The zero-order valence-corrected chi connectivity index (χ0v) is 18.7. The molecule has 0 saturated heterocycles. The molecule has 2 N–H and O–H groups in total. The lowest BCUT2D eigenvalue weighted by Gasteiger charge is -2.11. The van der Waals surface area contributed by atoms with Crippen LogP contribution in [0.4, 0.5) is 5.00 Å². The fourth-order valence-electron chi connectivity index (χ4n) is 3.09. The van der Waals surface area contributed by atoms with E-state index in [0.717, 1.165) is 4.88 Å². The minimum absolute atomic E-state index is 0.0105. The number of aromatic nitrogens is 1. The second kappa shape index (κ2) is 10.0. The summed E-state index contributed by atoms with van der Waals surface area (Å²) < 4.78 is 9.78. The molecule has 0 bridgehead atoms. The fraction of sp³-hybridized carbons (Fsp3) is 0.381. The largest absolute Gasteiger partial charge is 0.465 e. The van der Waals surface area contributed by atoms with E-state index in [2.05, 4.69) is 10.3 Å². The van der Waals surface area contributed by atoms with Crippen molar-refractivity contribution < 1.29 is 23.9 Å². The van der Waals surface area contributed by atoms with Gasteiger partial charge in [0.25, 0.3) is 11.5 Å². The maximum atomic E-state index is 12.2. The Morgan fingerprint density at radius 3 is 2.45 bits per heavy atom. The Labute approximate surface area is 183 Å². The van der Waals surface area contributed by atoms with Gasteiger partial charge in [-0.2, -0.15) is 5.26 Å². The monoisotopic (exact) mass is 445 g/mol. The molecule has 10 heteroatoms. The number of aryl methyl sites for hydroxylation is 2. The average molecular weight is 445 g/mol. The van der Waals surface area contributed by atoms with Gasteiger partial charge in [-0.25, -0.2) is 4.79 Å². The molecule has 0 aliphatic carbocycles. The Hall–Kier alpha value is -3.45. The summed E-state index contributed by atoms with van der Waals surface area (Å²) in [6.07, 6.45) is 0.218. The highest BCUT2D eigenvalue weighted by atomic mass is 32.1. The lowest BCUT2D eigenvalue weighted by Crippen LogP contribution is -2.22. The number of nitriles is 1. The topological polar surface area (TPSA) is 138 Å². The molecular weight excluding hydrogens is 422 g/mol. The Balaban J connectivity index is 1.97. The number of aromatic amines is 1. The van der Waals surface area contributed by atoms with Gasteiger partial charge in [-0.3, -0.25) is 14.4 Å². The van der Waals surface area contributed by atoms with Crippen molar-refractivity contribution in [2.75, 3.05) is 19.0 Å². The molecule has 0 aromatic carbocycles. The molecule has 31 heavy (non-hydrogen) atoms. The molecule has 0 aliphatic heterocycles. The van der Waals surface area contributed by atoms with Gasteiger partial charge in [0.2, 0.25) is 0 Å². The van der Waals surface area contributed by atoms with E-state index in [1.54, 1.807) is 20.8 Å². The van der Waals surface area contributed by atoms with Crippen LogP contribution in [0.2, 0.25) is 0 Å². The number of hydrogen-bond donors (Lipinski definition) is 2. The van der Waals surface area contributed by atoms with Gasteiger partial charge >= 0.3 is 11.9 Å². The van der Waals surface area contributed by atoms with Gasteiger partial charge < -0.3 is 19.8 Å². The number of H-pyrrole nitrogens is 1. The standard InChI is InChI=1S/C21H23N3O6S/c1-10-13(4)31-20(18(10)21(28)29-5)24-16(25)9-30-17(26)7-6-14-11(2)15(8-22)19(27)23-12(14)3/h6-7,9H2,1-5H3,(H,23,27)(H,24,25). The van der Waals surface area contributed by atoms with Crippen LogP contribution in [-0.2, 0) is 25.5 Å². The SMILES string of the molecule is COC(=O)c1c(NC(=O)COC(=O)CCc2c(C)[nH]c(=O)c(C#N)c2C)sc(C)c1C. The summed E-state index contributed by atoms with van der Waals surface area (Å²) in [6.45, 7) is 6.40. The highest BCUT2D eigenvalue weighted by Gasteiger charge is 2.22. The molecule has 1 amide bonds. The molecular formula is C21H23N3O6S. The number of carbonyl (C=O) groups is 3. The summed E-state index contributed by atoms with van der Waals surface area (Å²) in [6, 6.07) is 1.86. The summed E-state index contributed by atoms with van der Waals surface area (Å²) in [4.78, 5) is 51.5. The van der Waals surface area contributed by atoms with Gasteiger partial charge in [0.15, 0.2) is 6.61 Å². The molecule has 0 unspecified atom stereocenters. The van der Waals surface area contributed by atoms with Crippen molar-refractivity contribution in [2.45, 2.75) is 40.5 Å². The van der Waals surface area contributed by atoms with Gasteiger partial charge in [0, 0.05) is 17.0 Å². The van der Waals surface area contributed by atoms with Crippen LogP contribution in [0, 0.1) is 39.0 Å². The molecule has 0 atom stereocenters. The van der Waals surface area contributed by atoms with Crippen LogP contribution in [0.15, 0.2) is 4.79 Å². The van der Waals surface area contributed by atoms with E-state index in [4.69, 9.17) is 14.7 Å². The number of hydrogen-bond acceptors (Lipinski definition) is 8. The Bertz CT molecular complexity index is 1140. The third-order valence-corrected chi connectivity index (χ3v) is 6.01. The van der Waals surface area contributed by atoms with Crippen LogP contribution in [0.3, 0.4) is 0 Å². The van der Waals surface area contributed by atoms with Gasteiger partial charge in [-0.15, -0.1) is 11.3 Å². The van der Waals surface area contributed by atoms with Crippen LogP contribution >= 0.6 is 11.3 Å². The van der Waals surface area contributed by atoms with Crippen molar-refractivity contribution in [3.8, 4) is 6.07 Å². The number of thiophene rings is 1. The number of nitrogens with zero attached hydrogens (tertiary/aromatic N) is 1. The molecule has 2 rings (SSSR count). The zero-order chi connectivity index (χ0) is 23.3. The first kappa shape index (κ1) is 23.8. The minimum Gasteiger partial charge on any atom is -0.465 e. The lowest BCUT2D eigenvalue weighted by molar-refractivity contribution is -0.147. The van der Waals surface area contributed by atoms with Crippen LogP contribution in [-0.4, -0.2) is 36.5 Å². The number of methoxy groups -OCH3 is 1. The van der Waals surface area contributed by atoms with Crippen molar-refractivity contribution >= 4 is 34.2 Å². The van der Waals surface area contributed by atoms with Crippen LogP contribution in [0.1, 0.15) is 49.6 Å². The molecule has 9 nitrogen and oxygen atoms in total. The van der Waals surface area contributed by atoms with Crippen LogP contribution in [0.5, 0.6) is 0 Å². The maximum Gasteiger partial charge on any atom is 0.341 e. The van der Waals surface area contributed by atoms with E-state index in [1.165, 1.54) is 18.4 Å². The first-order valence-corrected chi connectivity index (χ1v) is 10.2. The van der Waals surface area contributed by atoms with E-state index in [1.807, 2.05) is 13.0 Å². The fourth-order valence-corrected chi connectivity index (χ4v) is 4.16. The van der Waals surface area contributed by atoms with E-state index >= 15 is 0 Å². The first-order chi connectivity index (χ1) is 14.6. The van der Waals surface area contributed by atoms with Crippen molar-refractivity contribution in [3.05, 3.63) is 48.7 Å². The molecule has 0 saturated carbocycles. The molecule has 0 spiro atoms. The van der Waals surface area contributed by atoms with Gasteiger partial charge in [0.05, 0.1) is 12.7 Å². The summed E-state index contributed by atoms with van der Waals surface area (Å²) in [5, 5.41) is 12.0. The van der Waals surface area contributed by atoms with Crippen LogP contribution in [0.25, 0.3) is 0 Å². The van der Waals surface area contributed by atoms with E-state index in [-0.39, 0.29) is 24.0 Å². The molecule has 2 heterocycles. The average Bonchev–Trinajstić information content (AvgIpc) is 2.98. The number of pyridine rings is 1. The molecule has 0 radical (unpaired) electrons. The lowest BCUT2D eigenvalue weighted by atomic mass is 9.99. The number of rotatable bonds is 7. The number of nitrogens with one attached hydrogen (secondary N) is 2. The highest BCUT2D eigenvalue weighted by molar-refractivity contribution is 7.16.